The SMILES string of the molecule is Nc1c(F)cccc1CC1CCCCC1. The van der Waals surface area contributed by atoms with Crippen molar-refractivity contribution >= 4 is 5.69 Å². The number of hydrogen-bond acceptors (Lipinski definition) is 1. The first-order valence-corrected chi connectivity index (χ1v) is 5.80. The zero-order valence-corrected chi connectivity index (χ0v) is 9.01. The fourth-order valence-electron chi connectivity index (χ4n) is 2.46. The van der Waals surface area contributed by atoms with Crippen molar-refractivity contribution in [2.75, 3.05) is 5.73 Å². The van der Waals surface area contributed by atoms with E-state index in [0.717, 1.165) is 12.0 Å². The highest BCUT2D eigenvalue weighted by Crippen LogP contribution is 2.29. The molecule has 0 atom stereocenters. The first-order valence-electron chi connectivity index (χ1n) is 5.80. The van der Waals surface area contributed by atoms with Crippen LogP contribution in [0.5, 0.6) is 0 Å². The van der Waals surface area contributed by atoms with Crippen molar-refractivity contribution in [3.05, 3.63) is 29.6 Å². The van der Waals surface area contributed by atoms with E-state index < -0.39 is 0 Å². The number of rotatable bonds is 2. The lowest BCUT2D eigenvalue weighted by Crippen LogP contribution is -2.11. The Morgan fingerprint density at radius 2 is 1.93 bits per heavy atom. The average molecular weight is 207 g/mol. The van der Waals surface area contributed by atoms with E-state index in [4.69, 9.17) is 5.73 Å². The van der Waals surface area contributed by atoms with E-state index in [-0.39, 0.29) is 5.82 Å². The van der Waals surface area contributed by atoms with Crippen molar-refractivity contribution in [1.29, 1.82) is 0 Å². The molecule has 1 saturated carbocycles. The quantitative estimate of drug-likeness (QED) is 0.738. The average Bonchev–Trinajstić information content (AvgIpc) is 2.26. The van der Waals surface area contributed by atoms with E-state index in [1.54, 1.807) is 6.07 Å². The van der Waals surface area contributed by atoms with E-state index >= 15 is 0 Å². The molecule has 0 amide bonds. The van der Waals surface area contributed by atoms with Gasteiger partial charge in [0.2, 0.25) is 0 Å². The largest absolute Gasteiger partial charge is 0.396 e. The minimum absolute atomic E-state index is 0.275. The second-order valence-corrected chi connectivity index (χ2v) is 4.52. The lowest BCUT2D eigenvalue weighted by Gasteiger charge is -2.22. The summed E-state index contributed by atoms with van der Waals surface area (Å²) in [6.07, 6.45) is 7.49. The van der Waals surface area contributed by atoms with Crippen molar-refractivity contribution < 1.29 is 4.39 Å². The van der Waals surface area contributed by atoms with Crippen molar-refractivity contribution in [1.82, 2.24) is 0 Å². The maximum atomic E-state index is 13.2. The van der Waals surface area contributed by atoms with Crippen molar-refractivity contribution in [2.45, 2.75) is 38.5 Å². The number of para-hydroxylation sites is 1. The summed E-state index contributed by atoms with van der Waals surface area (Å²) < 4.78 is 13.2. The minimum Gasteiger partial charge on any atom is -0.396 e. The van der Waals surface area contributed by atoms with Crippen LogP contribution in [-0.2, 0) is 6.42 Å². The van der Waals surface area contributed by atoms with Crippen LogP contribution in [0.1, 0.15) is 37.7 Å². The molecule has 2 N–H and O–H groups in total. The number of halogens is 1. The third-order valence-electron chi connectivity index (χ3n) is 3.38. The molecule has 0 aromatic heterocycles. The van der Waals surface area contributed by atoms with Gasteiger partial charge < -0.3 is 5.73 Å². The zero-order valence-electron chi connectivity index (χ0n) is 9.01. The molecule has 1 aromatic carbocycles. The molecule has 0 radical (unpaired) electrons. The predicted octanol–water partition coefficient (Wildman–Crippen LogP) is 3.53. The van der Waals surface area contributed by atoms with Crippen molar-refractivity contribution in [3.63, 3.8) is 0 Å². The molecule has 15 heavy (non-hydrogen) atoms. The Labute approximate surface area is 90.5 Å². The van der Waals surface area contributed by atoms with Crippen LogP contribution in [0, 0.1) is 11.7 Å². The molecule has 0 saturated heterocycles. The first kappa shape index (κ1) is 10.5. The second-order valence-electron chi connectivity index (χ2n) is 4.52. The van der Waals surface area contributed by atoms with Crippen LogP contribution in [-0.4, -0.2) is 0 Å². The molecule has 82 valence electrons. The smallest absolute Gasteiger partial charge is 0.146 e. The van der Waals surface area contributed by atoms with E-state index in [1.165, 1.54) is 38.2 Å². The number of nitrogen functional groups attached to an aromatic ring is 1. The molecule has 1 aliphatic carbocycles. The van der Waals surface area contributed by atoms with E-state index in [2.05, 4.69) is 0 Å². The molecule has 0 aliphatic heterocycles. The highest BCUT2D eigenvalue weighted by Gasteiger charge is 2.15. The Kier molecular flexibility index (Phi) is 3.24. The van der Waals surface area contributed by atoms with Crippen LogP contribution in [0.25, 0.3) is 0 Å². The van der Waals surface area contributed by atoms with Gasteiger partial charge in [0.1, 0.15) is 5.82 Å². The number of nitrogens with two attached hydrogens (primary N) is 1. The van der Waals surface area contributed by atoms with Gasteiger partial charge in [-0.25, -0.2) is 4.39 Å². The molecule has 0 bridgehead atoms. The fraction of sp³-hybridized carbons (Fsp3) is 0.538. The van der Waals surface area contributed by atoms with Gasteiger partial charge in [-0.15, -0.1) is 0 Å². The number of hydrogen-bond donors (Lipinski definition) is 1. The summed E-state index contributed by atoms with van der Waals surface area (Å²) in [6, 6.07) is 5.14. The van der Waals surface area contributed by atoms with Crippen LogP contribution in [0.4, 0.5) is 10.1 Å². The first-order chi connectivity index (χ1) is 7.27. The number of anilines is 1. The topological polar surface area (TPSA) is 26.0 Å². The van der Waals surface area contributed by atoms with Gasteiger partial charge >= 0.3 is 0 Å². The normalized spacial score (nSPS) is 17.9. The highest BCUT2D eigenvalue weighted by molar-refractivity contribution is 5.48. The maximum Gasteiger partial charge on any atom is 0.146 e. The molecule has 0 spiro atoms. The Bertz CT molecular complexity index is 329. The molecule has 0 heterocycles. The van der Waals surface area contributed by atoms with Gasteiger partial charge in [0.25, 0.3) is 0 Å². The third kappa shape index (κ3) is 2.49. The summed E-state index contributed by atoms with van der Waals surface area (Å²) in [6.45, 7) is 0. The summed E-state index contributed by atoms with van der Waals surface area (Å²) in [5, 5.41) is 0. The van der Waals surface area contributed by atoms with Crippen molar-refractivity contribution in [3.8, 4) is 0 Å². The zero-order chi connectivity index (χ0) is 10.7. The molecule has 2 rings (SSSR count). The lowest BCUT2D eigenvalue weighted by molar-refractivity contribution is 0.356. The summed E-state index contributed by atoms with van der Waals surface area (Å²) in [5.74, 6) is 0.436. The monoisotopic (exact) mass is 207 g/mol. The van der Waals surface area contributed by atoms with Gasteiger partial charge in [-0.1, -0.05) is 44.2 Å². The van der Waals surface area contributed by atoms with Gasteiger partial charge in [-0.2, -0.15) is 0 Å². The summed E-state index contributed by atoms with van der Waals surface area (Å²) in [4.78, 5) is 0. The maximum absolute atomic E-state index is 13.2. The standard InChI is InChI=1S/C13H18FN/c14-12-8-4-7-11(13(12)15)9-10-5-2-1-3-6-10/h4,7-8,10H,1-3,5-6,9,15H2. The summed E-state index contributed by atoms with van der Waals surface area (Å²) in [5.41, 5.74) is 7.06. The fourth-order valence-corrected chi connectivity index (χ4v) is 2.46. The van der Waals surface area contributed by atoms with E-state index in [1.807, 2.05) is 6.07 Å². The van der Waals surface area contributed by atoms with Crippen LogP contribution in [0.15, 0.2) is 18.2 Å². The van der Waals surface area contributed by atoms with Gasteiger partial charge in [0.05, 0.1) is 5.69 Å². The Morgan fingerprint density at radius 3 is 2.67 bits per heavy atom. The summed E-state index contributed by atoms with van der Waals surface area (Å²) >= 11 is 0. The van der Waals surface area contributed by atoms with Crippen LogP contribution in [0.2, 0.25) is 0 Å². The molecule has 2 heteroatoms. The molecular formula is C13H18FN. The lowest BCUT2D eigenvalue weighted by atomic mass is 9.84. The molecular weight excluding hydrogens is 189 g/mol. The number of benzene rings is 1. The van der Waals surface area contributed by atoms with Gasteiger partial charge in [-0.05, 0) is 24.0 Å². The highest BCUT2D eigenvalue weighted by atomic mass is 19.1. The van der Waals surface area contributed by atoms with Gasteiger partial charge in [0.15, 0.2) is 0 Å². The van der Waals surface area contributed by atoms with E-state index in [9.17, 15) is 4.39 Å². The second kappa shape index (κ2) is 4.65. The minimum atomic E-state index is -0.275. The molecule has 1 aromatic rings. The Hall–Kier alpha value is -1.05. The van der Waals surface area contributed by atoms with Gasteiger partial charge in [-0.3, -0.25) is 0 Å². The molecule has 1 aliphatic rings. The molecule has 0 unspecified atom stereocenters. The Morgan fingerprint density at radius 1 is 1.20 bits per heavy atom. The molecule has 1 nitrogen and oxygen atoms in total. The Balaban J connectivity index is 2.06. The van der Waals surface area contributed by atoms with Crippen molar-refractivity contribution in [2.24, 2.45) is 5.92 Å². The summed E-state index contributed by atoms with van der Waals surface area (Å²) in [7, 11) is 0. The van der Waals surface area contributed by atoms with E-state index in [0.29, 0.717) is 11.6 Å². The van der Waals surface area contributed by atoms with Crippen LogP contribution in [0.3, 0.4) is 0 Å². The third-order valence-corrected chi connectivity index (χ3v) is 3.38. The van der Waals surface area contributed by atoms with Crippen LogP contribution >= 0.6 is 0 Å². The molecule has 1 fully saturated rings. The van der Waals surface area contributed by atoms with Crippen LogP contribution < -0.4 is 5.73 Å². The van der Waals surface area contributed by atoms with Gasteiger partial charge in [0, 0.05) is 0 Å². The predicted molar refractivity (Wildman–Crippen MR) is 61.1 cm³/mol.